The van der Waals surface area contributed by atoms with E-state index < -0.39 is 10.8 Å². The van der Waals surface area contributed by atoms with E-state index >= 15 is 0 Å². The fourth-order valence-corrected chi connectivity index (χ4v) is 2.63. The number of nitrogens with one attached hydrogen (secondary N) is 1. The maximum Gasteiger partial charge on any atom is 0.307 e. The Kier molecular flexibility index (Phi) is 6.18. The first kappa shape index (κ1) is 19.3. The molecule has 0 fully saturated rings. The third kappa shape index (κ3) is 5.04. The number of carbonyl (C=O) groups excluding carboxylic acids is 1. The van der Waals surface area contributed by atoms with Crippen molar-refractivity contribution in [1.82, 2.24) is 5.43 Å². The van der Waals surface area contributed by atoms with Gasteiger partial charge in [-0.3, -0.25) is 14.9 Å². The summed E-state index contributed by atoms with van der Waals surface area (Å²) in [6.07, 6.45) is 1.31. The van der Waals surface area contributed by atoms with Crippen molar-refractivity contribution in [2.45, 2.75) is 6.61 Å². The Bertz CT molecular complexity index is 1030. The molecule has 1 amide bonds. The maximum atomic E-state index is 12.1. The molecule has 142 valence electrons. The van der Waals surface area contributed by atoms with Crippen molar-refractivity contribution in [1.29, 1.82) is 0 Å². The van der Waals surface area contributed by atoms with E-state index in [-0.39, 0.29) is 18.1 Å². The number of non-ortho nitro benzene ring substituents is 1. The monoisotopic (exact) mass is 443 g/mol. The highest BCUT2D eigenvalue weighted by Gasteiger charge is 2.11. The topological polar surface area (TPSA) is 107 Å². The number of furan rings is 1. The normalized spacial score (nSPS) is 10.8. The molecule has 3 rings (SSSR count). The second-order valence-corrected chi connectivity index (χ2v) is 6.39. The van der Waals surface area contributed by atoms with Crippen molar-refractivity contribution >= 4 is 33.7 Å². The number of hydrazone groups is 1. The van der Waals surface area contributed by atoms with E-state index in [2.05, 4.69) is 26.5 Å². The lowest BCUT2D eigenvalue weighted by Gasteiger charge is -2.05. The Balaban J connectivity index is 1.56. The van der Waals surface area contributed by atoms with Gasteiger partial charge in [-0.2, -0.15) is 5.10 Å². The van der Waals surface area contributed by atoms with E-state index in [4.69, 9.17) is 9.15 Å². The van der Waals surface area contributed by atoms with Crippen LogP contribution in [0.3, 0.4) is 0 Å². The lowest BCUT2D eigenvalue weighted by Crippen LogP contribution is -2.16. The standard InChI is InChI=1S/C19H14BrN3O5/c20-16-6-1-2-7-17(16)27-12-15-8-9-18(28-15)19(24)22-21-11-13-4-3-5-14(10-13)23(25)26/h1-11H,12H2,(H,22,24). The first-order chi connectivity index (χ1) is 13.5. The van der Waals surface area contributed by atoms with Gasteiger partial charge in [-0.05, 0) is 40.2 Å². The predicted octanol–water partition coefficient (Wildman–Crippen LogP) is 4.29. The van der Waals surface area contributed by atoms with E-state index in [9.17, 15) is 14.9 Å². The molecule has 1 aromatic heterocycles. The third-order valence-corrected chi connectivity index (χ3v) is 4.21. The Morgan fingerprint density at radius 3 is 2.82 bits per heavy atom. The van der Waals surface area contributed by atoms with E-state index in [1.165, 1.54) is 30.5 Å². The molecule has 9 heteroatoms. The SMILES string of the molecule is O=C(NN=Cc1cccc([N+](=O)[O-])c1)c1ccc(COc2ccccc2Br)o1. The summed E-state index contributed by atoms with van der Waals surface area (Å²) in [4.78, 5) is 22.3. The number of carbonyl (C=O) groups is 1. The molecule has 3 aromatic rings. The van der Waals surface area contributed by atoms with Gasteiger partial charge >= 0.3 is 5.91 Å². The molecule has 2 aromatic carbocycles. The van der Waals surface area contributed by atoms with Gasteiger partial charge < -0.3 is 9.15 Å². The fourth-order valence-electron chi connectivity index (χ4n) is 2.23. The molecule has 0 aliphatic carbocycles. The Hall–Kier alpha value is -3.46. The van der Waals surface area contributed by atoms with Gasteiger partial charge in [-0.15, -0.1) is 0 Å². The number of hydrogen-bond acceptors (Lipinski definition) is 6. The van der Waals surface area contributed by atoms with E-state index in [1.54, 1.807) is 12.1 Å². The summed E-state index contributed by atoms with van der Waals surface area (Å²) in [6, 6.07) is 16.4. The number of nitrogens with zero attached hydrogens (tertiary/aromatic N) is 2. The average molecular weight is 444 g/mol. The van der Waals surface area contributed by atoms with Gasteiger partial charge in [0.05, 0.1) is 15.6 Å². The van der Waals surface area contributed by atoms with Gasteiger partial charge in [0.1, 0.15) is 18.1 Å². The van der Waals surface area contributed by atoms with Gasteiger partial charge in [0, 0.05) is 17.7 Å². The molecule has 0 aliphatic heterocycles. The molecule has 0 radical (unpaired) electrons. The first-order valence-electron chi connectivity index (χ1n) is 8.07. The summed E-state index contributed by atoms with van der Waals surface area (Å²) in [5, 5.41) is 14.5. The smallest absolute Gasteiger partial charge is 0.307 e. The molecule has 0 spiro atoms. The number of amides is 1. The molecule has 1 heterocycles. The van der Waals surface area contributed by atoms with Crippen LogP contribution in [-0.2, 0) is 6.61 Å². The van der Waals surface area contributed by atoms with E-state index in [0.29, 0.717) is 17.1 Å². The van der Waals surface area contributed by atoms with Crippen molar-refractivity contribution in [3.05, 3.63) is 92.3 Å². The third-order valence-electron chi connectivity index (χ3n) is 3.55. The molecule has 0 aliphatic rings. The minimum atomic E-state index is -0.547. The maximum absolute atomic E-state index is 12.1. The Labute approximate surface area is 168 Å². The highest BCUT2D eigenvalue weighted by molar-refractivity contribution is 9.10. The first-order valence-corrected chi connectivity index (χ1v) is 8.86. The second kappa shape index (κ2) is 8.96. The van der Waals surface area contributed by atoms with Crippen molar-refractivity contribution in [3.63, 3.8) is 0 Å². The highest BCUT2D eigenvalue weighted by Crippen LogP contribution is 2.25. The van der Waals surface area contributed by atoms with Crippen LogP contribution in [0.15, 0.2) is 74.7 Å². The van der Waals surface area contributed by atoms with Crippen LogP contribution in [0.25, 0.3) is 0 Å². The van der Waals surface area contributed by atoms with Crippen molar-refractivity contribution in [2.24, 2.45) is 5.10 Å². The lowest BCUT2D eigenvalue weighted by molar-refractivity contribution is -0.384. The van der Waals surface area contributed by atoms with Gasteiger partial charge in [0.15, 0.2) is 5.76 Å². The zero-order valence-electron chi connectivity index (χ0n) is 14.4. The number of nitro benzene ring substituents is 1. The van der Waals surface area contributed by atoms with Crippen LogP contribution in [0.5, 0.6) is 5.75 Å². The summed E-state index contributed by atoms with van der Waals surface area (Å²) >= 11 is 3.39. The fraction of sp³-hybridized carbons (Fsp3) is 0.0526. The van der Waals surface area contributed by atoms with Crippen LogP contribution in [0.1, 0.15) is 21.9 Å². The molecule has 0 bridgehead atoms. The number of rotatable bonds is 7. The summed E-state index contributed by atoms with van der Waals surface area (Å²) in [5.74, 6) is 0.658. The number of ether oxygens (including phenoxy) is 1. The largest absolute Gasteiger partial charge is 0.484 e. The summed E-state index contributed by atoms with van der Waals surface area (Å²) in [7, 11) is 0. The number of nitro groups is 1. The van der Waals surface area contributed by atoms with Crippen molar-refractivity contribution in [3.8, 4) is 5.75 Å². The Morgan fingerprint density at radius 2 is 2.04 bits per heavy atom. The van der Waals surface area contributed by atoms with Crippen LogP contribution in [0, 0.1) is 10.1 Å². The zero-order chi connectivity index (χ0) is 19.9. The lowest BCUT2D eigenvalue weighted by atomic mass is 10.2. The van der Waals surface area contributed by atoms with Crippen LogP contribution in [0.4, 0.5) is 5.69 Å². The van der Waals surface area contributed by atoms with E-state index in [0.717, 1.165) is 4.47 Å². The van der Waals surface area contributed by atoms with Crippen molar-refractivity contribution < 1.29 is 18.9 Å². The molecular weight excluding hydrogens is 430 g/mol. The van der Waals surface area contributed by atoms with Gasteiger partial charge in [0.25, 0.3) is 5.69 Å². The minimum Gasteiger partial charge on any atom is -0.484 e. The summed E-state index contributed by atoms with van der Waals surface area (Å²) in [5.41, 5.74) is 2.73. The summed E-state index contributed by atoms with van der Waals surface area (Å²) in [6.45, 7) is 0.160. The van der Waals surface area contributed by atoms with Gasteiger partial charge in [-0.25, -0.2) is 5.43 Å². The van der Waals surface area contributed by atoms with Crippen LogP contribution >= 0.6 is 15.9 Å². The quantitative estimate of drug-likeness (QED) is 0.332. The molecule has 28 heavy (non-hydrogen) atoms. The van der Waals surface area contributed by atoms with Gasteiger partial charge in [0.2, 0.25) is 0 Å². The van der Waals surface area contributed by atoms with Crippen molar-refractivity contribution in [2.75, 3.05) is 0 Å². The summed E-state index contributed by atoms with van der Waals surface area (Å²) < 4.78 is 11.9. The molecule has 0 saturated carbocycles. The van der Waals surface area contributed by atoms with Gasteiger partial charge in [-0.1, -0.05) is 24.3 Å². The van der Waals surface area contributed by atoms with Crippen LogP contribution in [-0.4, -0.2) is 17.0 Å². The molecule has 0 unspecified atom stereocenters. The second-order valence-electron chi connectivity index (χ2n) is 5.54. The molecule has 8 nitrogen and oxygen atoms in total. The minimum absolute atomic E-state index is 0.0593. The molecule has 0 atom stereocenters. The number of halogens is 1. The molecule has 1 N–H and O–H groups in total. The molecular formula is C19H14BrN3O5. The Morgan fingerprint density at radius 1 is 1.21 bits per heavy atom. The zero-order valence-corrected chi connectivity index (χ0v) is 16.0. The van der Waals surface area contributed by atoms with E-state index in [1.807, 2.05) is 24.3 Å². The van der Waals surface area contributed by atoms with Crippen LogP contribution < -0.4 is 10.2 Å². The average Bonchev–Trinajstić information content (AvgIpc) is 3.17. The van der Waals surface area contributed by atoms with Crippen LogP contribution in [0.2, 0.25) is 0 Å². The number of para-hydroxylation sites is 1. The number of benzene rings is 2. The highest BCUT2D eigenvalue weighted by atomic mass is 79.9. The molecule has 0 saturated heterocycles. The predicted molar refractivity (Wildman–Crippen MR) is 105 cm³/mol. The number of hydrogen-bond donors (Lipinski definition) is 1.